The molecule has 1 heterocycles. The summed E-state index contributed by atoms with van der Waals surface area (Å²) in [7, 11) is 0. The first-order valence-electron chi connectivity index (χ1n) is 6.46. The highest BCUT2D eigenvalue weighted by Crippen LogP contribution is 2.38. The average Bonchev–Trinajstić information content (AvgIpc) is 2.75. The Bertz CT molecular complexity index is 626. The Kier molecular flexibility index (Phi) is 2.66. The highest BCUT2D eigenvalue weighted by molar-refractivity contribution is 5.84. The maximum atomic E-state index is 10.9. The average molecular weight is 261 g/mol. The zero-order valence-corrected chi connectivity index (χ0v) is 10.7. The summed E-state index contributed by atoms with van der Waals surface area (Å²) in [5, 5.41) is 14.2. The standard InChI is InChI=1S/C13H15N3O3/c1-2-13(7-4-8-13)15-12-14-11-9(16(17)18)5-3-6-10(11)19-12/h3,5-6H,2,4,7-8H2,1H3,(H,14,15). The number of hydrogen-bond donors (Lipinski definition) is 1. The number of nitro groups is 1. The first-order valence-corrected chi connectivity index (χ1v) is 6.46. The zero-order chi connectivity index (χ0) is 13.5. The number of nitro benzene ring substituents is 1. The van der Waals surface area contributed by atoms with Gasteiger partial charge in [0.15, 0.2) is 11.1 Å². The number of para-hydroxylation sites is 1. The van der Waals surface area contributed by atoms with Crippen LogP contribution in [0.15, 0.2) is 22.6 Å². The van der Waals surface area contributed by atoms with Crippen molar-refractivity contribution in [3.63, 3.8) is 0 Å². The monoisotopic (exact) mass is 261 g/mol. The van der Waals surface area contributed by atoms with Crippen LogP contribution in [0.2, 0.25) is 0 Å². The Morgan fingerprint density at radius 2 is 2.32 bits per heavy atom. The Labute approximate surface area is 110 Å². The van der Waals surface area contributed by atoms with Gasteiger partial charge in [0.1, 0.15) is 0 Å². The van der Waals surface area contributed by atoms with E-state index in [4.69, 9.17) is 4.42 Å². The van der Waals surface area contributed by atoms with Crippen molar-refractivity contribution in [2.45, 2.75) is 38.1 Å². The number of aromatic nitrogens is 1. The van der Waals surface area contributed by atoms with Crippen LogP contribution >= 0.6 is 0 Å². The first-order chi connectivity index (χ1) is 9.13. The molecule has 6 heteroatoms. The van der Waals surface area contributed by atoms with Gasteiger partial charge in [-0.25, -0.2) is 0 Å². The van der Waals surface area contributed by atoms with Crippen LogP contribution in [-0.2, 0) is 0 Å². The van der Waals surface area contributed by atoms with E-state index in [0.717, 1.165) is 19.3 Å². The van der Waals surface area contributed by atoms with Crippen LogP contribution in [0.25, 0.3) is 11.1 Å². The minimum absolute atomic E-state index is 0.0199. The van der Waals surface area contributed by atoms with Gasteiger partial charge in [-0.15, -0.1) is 0 Å². The van der Waals surface area contributed by atoms with Gasteiger partial charge in [0.2, 0.25) is 0 Å². The maximum Gasteiger partial charge on any atom is 0.298 e. The molecule has 0 radical (unpaired) electrons. The van der Waals surface area contributed by atoms with E-state index in [1.165, 1.54) is 12.5 Å². The predicted molar refractivity (Wildman–Crippen MR) is 71.2 cm³/mol. The number of benzene rings is 1. The second-order valence-electron chi connectivity index (χ2n) is 5.01. The van der Waals surface area contributed by atoms with Crippen LogP contribution in [0.3, 0.4) is 0 Å². The number of nitrogens with zero attached hydrogens (tertiary/aromatic N) is 2. The SMILES string of the molecule is CCC1(Nc2nc3c([N+](=O)[O-])cccc3o2)CCC1. The number of oxazole rings is 1. The fourth-order valence-electron chi connectivity index (χ4n) is 2.53. The molecule has 19 heavy (non-hydrogen) atoms. The van der Waals surface area contributed by atoms with E-state index >= 15 is 0 Å². The van der Waals surface area contributed by atoms with Crippen molar-refractivity contribution in [2.75, 3.05) is 5.32 Å². The molecule has 1 fully saturated rings. The van der Waals surface area contributed by atoms with Gasteiger partial charge in [0.05, 0.1) is 4.92 Å². The highest BCUT2D eigenvalue weighted by atomic mass is 16.6. The smallest absolute Gasteiger partial charge is 0.298 e. The molecule has 6 nitrogen and oxygen atoms in total. The molecule has 3 rings (SSSR count). The summed E-state index contributed by atoms with van der Waals surface area (Å²) in [5.41, 5.74) is 0.784. The Morgan fingerprint density at radius 3 is 2.89 bits per heavy atom. The molecule has 0 atom stereocenters. The summed E-state index contributed by atoms with van der Waals surface area (Å²) >= 11 is 0. The number of fused-ring (bicyclic) bond motifs is 1. The van der Waals surface area contributed by atoms with Gasteiger partial charge in [0.25, 0.3) is 11.7 Å². The van der Waals surface area contributed by atoms with Crippen LogP contribution in [-0.4, -0.2) is 15.4 Å². The molecule has 1 aliphatic rings. The lowest BCUT2D eigenvalue weighted by Gasteiger charge is -2.41. The van der Waals surface area contributed by atoms with Gasteiger partial charge in [-0.05, 0) is 31.7 Å². The fraction of sp³-hybridized carbons (Fsp3) is 0.462. The van der Waals surface area contributed by atoms with Crippen LogP contribution in [0, 0.1) is 10.1 Å². The molecule has 0 unspecified atom stereocenters. The van der Waals surface area contributed by atoms with Gasteiger partial charge in [-0.1, -0.05) is 13.0 Å². The van der Waals surface area contributed by atoms with Crippen LogP contribution in [0.5, 0.6) is 0 Å². The molecule has 0 bridgehead atoms. The molecule has 1 aliphatic carbocycles. The third kappa shape index (κ3) is 1.93. The molecule has 0 spiro atoms. The Hall–Kier alpha value is -2.11. The molecule has 0 amide bonds. The number of non-ortho nitro benzene ring substituents is 1. The normalized spacial score (nSPS) is 17.1. The second-order valence-corrected chi connectivity index (χ2v) is 5.01. The van der Waals surface area contributed by atoms with Crippen molar-refractivity contribution in [3.05, 3.63) is 28.3 Å². The number of hydrogen-bond acceptors (Lipinski definition) is 5. The van der Waals surface area contributed by atoms with Gasteiger partial charge >= 0.3 is 0 Å². The molecule has 1 N–H and O–H groups in total. The molecular formula is C13H15N3O3. The third-order valence-corrected chi connectivity index (χ3v) is 3.95. The summed E-state index contributed by atoms with van der Waals surface area (Å²) in [6, 6.07) is 5.12. The summed E-state index contributed by atoms with van der Waals surface area (Å²) in [4.78, 5) is 14.7. The molecule has 0 aliphatic heterocycles. The van der Waals surface area contributed by atoms with E-state index in [2.05, 4.69) is 17.2 Å². The molecular weight excluding hydrogens is 246 g/mol. The minimum atomic E-state index is -0.437. The first kappa shape index (κ1) is 12.0. The van der Waals surface area contributed by atoms with Gasteiger partial charge < -0.3 is 9.73 Å². The molecule has 1 saturated carbocycles. The largest absolute Gasteiger partial charge is 0.423 e. The summed E-state index contributed by atoms with van der Waals surface area (Å²) in [5.74, 6) is 0. The van der Waals surface area contributed by atoms with E-state index in [0.29, 0.717) is 17.1 Å². The summed E-state index contributed by atoms with van der Waals surface area (Å²) in [6.45, 7) is 2.12. The molecule has 1 aromatic heterocycles. The number of anilines is 1. The van der Waals surface area contributed by atoms with Crippen LogP contribution < -0.4 is 5.32 Å². The van der Waals surface area contributed by atoms with Gasteiger partial charge in [-0.3, -0.25) is 10.1 Å². The van der Waals surface area contributed by atoms with Gasteiger partial charge in [-0.2, -0.15) is 4.98 Å². The van der Waals surface area contributed by atoms with Crippen molar-refractivity contribution >= 4 is 22.8 Å². The number of nitrogens with one attached hydrogen (secondary N) is 1. The lowest BCUT2D eigenvalue weighted by atomic mass is 9.75. The summed E-state index contributed by atoms with van der Waals surface area (Å²) in [6.07, 6.45) is 4.36. The summed E-state index contributed by atoms with van der Waals surface area (Å²) < 4.78 is 5.57. The van der Waals surface area contributed by atoms with E-state index < -0.39 is 4.92 Å². The lowest BCUT2D eigenvalue weighted by molar-refractivity contribution is -0.383. The maximum absolute atomic E-state index is 10.9. The Morgan fingerprint density at radius 1 is 1.53 bits per heavy atom. The third-order valence-electron chi connectivity index (χ3n) is 3.95. The van der Waals surface area contributed by atoms with E-state index in [1.54, 1.807) is 12.1 Å². The lowest BCUT2D eigenvalue weighted by Crippen LogP contribution is -2.44. The van der Waals surface area contributed by atoms with E-state index in [9.17, 15) is 10.1 Å². The Balaban J connectivity index is 1.98. The van der Waals surface area contributed by atoms with Gasteiger partial charge in [0, 0.05) is 11.6 Å². The van der Waals surface area contributed by atoms with Crippen molar-refractivity contribution in [3.8, 4) is 0 Å². The minimum Gasteiger partial charge on any atom is -0.423 e. The quantitative estimate of drug-likeness (QED) is 0.673. The van der Waals surface area contributed by atoms with Crippen molar-refractivity contribution < 1.29 is 9.34 Å². The zero-order valence-electron chi connectivity index (χ0n) is 10.7. The van der Waals surface area contributed by atoms with E-state index in [1.807, 2.05) is 0 Å². The fourth-order valence-corrected chi connectivity index (χ4v) is 2.53. The van der Waals surface area contributed by atoms with Crippen molar-refractivity contribution in [2.24, 2.45) is 0 Å². The molecule has 0 saturated heterocycles. The molecule has 2 aromatic rings. The molecule has 1 aromatic carbocycles. The van der Waals surface area contributed by atoms with Crippen LogP contribution in [0.1, 0.15) is 32.6 Å². The highest BCUT2D eigenvalue weighted by Gasteiger charge is 2.36. The second kappa shape index (κ2) is 4.22. The topological polar surface area (TPSA) is 81.2 Å². The van der Waals surface area contributed by atoms with Crippen LogP contribution in [0.4, 0.5) is 11.7 Å². The number of rotatable bonds is 4. The van der Waals surface area contributed by atoms with Crippen molar-refractivity contribution in [1.29, 1.82) is 0 Å². The molecule has 100 valence electrons. The predicted octanol–water partition coefficient (Wildman–Crippen LogP) is 3.48. The van der Waals surface area contributed by atoms with E-state index in [-0.39, 0.29) is 11.2 Å². The van der Waals surface area contributed by atoms with Crippen molar-refractivity contribution in [1.82, 2.24) is 4.98 Å².